The van der Waals surface area contributed by atoms with Crippen molar-refractivity contribution in [2.75, 3.05) is 6.61 Å². The van der Waals surface area contributed by atoms with Gasteiger partial charge in [-0.05, 0) is 48.4 Å². The Balaban J connectivity index is 1.71. The Labute approximate surface area is 155 Å². The minimum absolute atomic E-state index is 0.432. The van der Waals surface area contributed by atoms with Crippen LogP contribution in [0, 0.1) is 0 Å². The molecule has 2 aromatic rings. The first-order valence-electron chi connectivity index (χ1n) is 8.15. The van der Waals surface area contributed by atoms with Gasteiger partial charge in [-0.2, -0.15) is 0 Å². The standard InChI is InChI=1S/C19H18ClNO5/c1-11(26-15-4-2-3-14(20)10-15)18(22)21-17(19(23)24)13-5-6-16-12(9-13)7-8-25-16/h2-6,9-11,17H,7-8H2,1H3,(H,21,22)(H,23,24). The Morgan fingerprint density at radius 2 is 2.08 bits per heavy atom. The molecular formula is C19H18ClNO5. The Morgan fingerprint density at radius 3 is 2.81 bits per heavy atom. The molecule has 26 heavy (non-hydrogen) atoms. The molecule has 2 N–H and O–H groups in total. The zero-order chi connectivity index (χ0) is 18.7. The normalized spacial score (nSPS) is 14.7. The molecule has 2 aromatic carbocycles. The number of hydrogen-bond acceptors (Lipinski definition) is 4. The maximum Gasteiger partial charge on any atom is 0.330 e. The number of halogens is 1. The highest BCUT2D eigenvalue weighted by molar-refractivity contribution is 6.30. The molecule has 0 bridgehead atoms. The molecule has 0 aliphatic carbocycles. The van der Waals surface area contributed by atoms with E-state index in [9.17, 15) is 14.7 Å². The molecule has 1 heterocycles. The highest BCUT2D eigenvalue weighted by atomic mass is 35.5. The lowest BCUT2D eigenvalue weighted by atomic mass is 10.0. The molecule has 2 atom stereocenters. The number of rotatable bonds is 6. The first-order valence-corrected chi connectivity index (χ1v) is 8.53. The molecule has 1 aliphatic rings. The Hall–Kier alpha value is -2.73. The minimum Gasteiger partial charge on any atom is -0.493 e. The van der Waals surface area contributed by atoms with Gasteiger partial charge in [0.25, 0.3) is 5.91 Å². The molecule has 0 saturated carbocycles. The first-order chi connectivity index (χ1) is 12.4. The van der Waals surface area contributed by atoms with Crippen molar-refractivity contribution in [1.82, 2.24) is 5.32 Å². The zero-order valence-electron chi connectivity index (χ0n) is 14.1. The molecule has 0 saturated heterocycles. The van der Waals surface area contributed by atoms with Crippen LogP contribution in [0.25, 0.3) is 0 Å². The van der Waals surface area contributed by atoms with Crippen LogP contribution in [0.15, 0.2) is 42.5 Å². The highest BCUT2D eigenvalue weighted by Gasteiger charge is 2.27. The van der Waals surface area contributed by atoms with Crippen LogP contribution in [0.4, 0.5) is 0 Å². The molecule has 0 aromatic heterocycles. The van der Waals surface area contributed by atoms with E-state index < -0.39 is 24.0 Å². The maximum atomic E-state index is 12.4. The fraction of sp³-hybridized carbons (Fsp3) is 0.263. The number of carbonyl (C=O) groups excluding carboxylic acids is 1. The maximum absolute atomic E-state index is 12.4. The van der Waals surface area contributed by atoms with Gasteiger partial charge in [0.05, 0.1) is 6.61 Å². The largest absolute Gasteiger partial charge is 0.493 e. The molecule has 1 aliphatic heterocycles. The van der Waals surface area contributed by atoms with E-state index in [4.69, 9.17) is 21.1 Å². The summed E-state index contributed by atoms with van der Waals surface area (Å²) < 4.78 is 11.0. The smallest absolute Gasteiger partial charge is 0.330 e. The third kappa shape index (κ3) is 4.08. The van der Waals surface area contributed by atoms with Crippen LogP contribution in [0.3, 0.4) is 0 Å². The molecule has 6 nitrogen and oxygen atoms in total. The molecule has 7 heteroatoms. The molecular weight excluding hydrogens is 358 g/mol. The first kappa shape index (κ1) is 18.1. The third-order valence-corrected chi connectivity index (χ3v) is 4.29. The van der Waals surface area contributed by atoms with E-state index in [0.717, 1.165) is 17.7 Å². The SMILES string of the molecule is CC(Oc1cccc(Cl)c1)C(=O)NC(C(=O)O)c1ccc2c(c1)CCO2. The molecule has 0 radical (unpaired) electrons. The molecule has 136 valence electrons. The number of ether oxygens (including phenoxy) is 2. The van der Waals surface area contributed by atoms with Crippen molar-refractivity contribution in [2.45, 2.75) is 25.5 Å². The van der Waals surface area contributed by atoms with E-state index in [0.29, 0.717) is 22.9 Å². The topological polar surface area (TPSA) is 84.9 Å². The summed E-state index contributed by atoms with van der Waals surface area (Å²) >= 11 is 5.89. The van der Waals surface area contributed by atoms with Crippen molar-refractivity contribution >= 4 is 23.5 Å². The van der Waals surface area contributed by atoms with E-state index in [1.807, 2.05) is 0 Å². The monoisotopic (exact) mass is 375 g/mol. The number of nitrogens with one attached hydrogen (secondary N) is 1. The van der Waals surface area contributed by atoms with Gasteiger partial charge in [0.2, 0.25) is 0 Å². The van der Waals surface area contributed by atoms with Gasteiger partial charge in [0.15, 0.2) is 12.1 Å². The highest BCUT2D eigenvalue weighted by Crippen LogP contribution is 2.28. The van der Waals surface area contributed by atoms with Crippen LogP contribution in [0.1, 0.15) is 24.1 Å². The van der Waals surface area contributed by atoms with Crippen molar-refractivity contribution in [3.05, 3.63) is 58.6 Å². The molecule has 3 rings (SSSR count). The lowest BCUT2D eigenvalue weighted by Gasteiger charge is -2.19. The fourth-order valence-corrected chi connectivity index (χ4v) is 2.91. The van der Waals surface area contributed by atoms with Gasteiger partial charge in [-0.1, -0.05) is 23.7 Å². The number of carbonyl (C=O) groups is 2. The van der Waals surface area contributed by atoms with Crippen LogP contribution >= 0.6 is 11.6 Å². The number of carboxylic acids is 1. The summed E-state index contributed by atoms with van der Waals surface area (Å²) in [5.41, 5.74) is 1.43. The number of fused-ring (bicyclic) bond motifs is 1. The number of aliphatic carboxylic acids is 1. The van der Waals surface area contributed by atoms with Gasteiger partial charge >= 0.3 is 5.97 Å². The summed E-state index contributed by atoms with van der Waals surface area (Å²) in [6, 6.07) is 10.6. The number of carboxylic acid groups (broad SMARTS) is 1. The van der Waals surface area contributed by atoms with Crippen LogP contribution in [0.5, 0.6) is 11.5 Å². The summed E-state index contributed by atoms with van der Waals surface area (Å²) in [6.07, 6.45) is -0.161. The average Bonchev–Trinajstić information content (AvgIpc) is 3.06. The second kappa shape index (κ2) is 7.66. The summed E-state index contributed by atoms with van der Waals surface area (Å²) in [4.78, 5) is 24.1. The summed E-state index contributed by atoms with van der Waals surface area (Å²) in [5.74, 6) is -0.495. The molecule has 2 unspecified atom stereocenters. The molecule has 0 fully saturated rings. The number of hydrogen-bond donors (Lipinski definition) is 2. The number of benzene rings is 2. The van der Waals surface area contributed by atoms with Gasteiger partial charge in [-0.25, -0.2) is 4.79 Å². The third-order valence-electron chi connectivity index (χ3n) is 4.06. The fourth-order valence-electron chi connectivity index (χ4n) is 2.73. The van der Waals surface area contributed by atoms with Crippen LogP contribution < -0.4 is 14.8 Å². The van der Waals surface area contributed by atoms with Gasteiger partial charge in [0, 0.05) is 11.4 Å². The average molecular weight is 376 g/mol. The minimum atomic E-state index is -1.17. The van der Waals surface area contributed by atoms with E-state index in [2.05, 4.69) is 5.32 Å². The van der Waals surface area contributed by atoms with E-state index >= 15 is 0 Å². The Kier molecular flexibility index (Phi) is 5.32. The second-order valence-electron chi connectivity index (χ2n) is 5.96. The van der Waals surface area contributed by atoms with Gasteiger partial charge in [0.1, 0.15) is 11.5 Å². The van der Waals surface area contributed by atoms with Crippen molar-refractivity contribution in [2.24, 2.45) is 0 Å². The van der Waals surface area contributed by atoms with Crippen molar-refractivity contribution < 1.29 is 24.2 Å². The predicted octanol–water partition coefficient (Wildman–Crippen LogP) is 2.98. The summed E-state index contributed by atoms with van der Waals surface area (Å²) in [7, 11) is 0. The van der Waals surface area contributed by atoms with E-state index in [1.165, 1.54) is 0 Å². The van der Waals surface area contributed by atoms with Crippen molar-refractivity contribution in [1.29, 1.82) is 0 Å². The van der Waals surface area contributed by atoms with E-state index in [-0.39, 0.29) is 0 Å². The lowest BCUT2D eigenvalue weighted by Crippen LogP contribution is -2.41. The molecule has 0 spiro atoms. The van der Waals surface area contributed by atoms with Crippen molar-refractivity contribution in [3.63, 3.8) is 0 Å². The Bertz CT molecular complexity index is 838. The molecule has 1 amide bonds. The predicted molar refractivity (Wildman–Crippen MR) is 95.7 cm³/mol. The van der Waals surface area contributed by atoms with Crippen LogP contribution in [-0.2, 0) is 16.0 Å². The quantitative estimate of drug-likeness (QED) is 0.810. The van der Waals surface area contributed by atoms with Gasteiger partial charge in [-0.3, -0.25) is 4.79 Å². The summed E-state index contributed by atoms with van der Waals surface area (Å²) in [5, 5.41) is 12.5. The Morgan fingerprint density at radius 1 is 1.27 bits per heavy atom. The van der Waals surface area contributed by atoms with Crippen LogP contribution in [0.2, 0.25) is 5.02 Å². The van der Waals surface area contributed by atoms with Crippen LogP contribution in [-0.4, -0.2) is 29.7 Å². The zero-order valence-corrected chi connectivity index (χ0v) is 14.8. The van der Waals surface area contributed by atoms with Gasteiger partial charge < -0.3 is 19.9 Å². The van der Waals surface area contributed by atoms with Gasteiger partial charge in [-0.15, -0.1) is 0 Å². The van der Waals surface area contributed by atoms with Crippen molar-refractivity contribution in [3.8, 4) is 11.5 Å². The number of amides is 1. The lowest BCUT2D eigenvalue weighted by molar-refractivity contribution is -0.143. The summed E-state index contributed by atoms with van der Waals surface area (Å²) in [6.45, 7) is 2.12. The second-order valence-corrected chi connectivity index (χ2v) is 6.40. The van der Waals surface area contributed by atoms with E-state index in [1.54, 1.807) is 49.4 Å².